The second-order valence-electron chi connectivity index (χ2n) is 5.09. The van der Waals surface area contributed by atoms with Gasteiger partial charge in [-0.3, -0.25) is 19.9 Å². The third-order valence-corrected chi connectivity index (χ3v) is 4.38. The summed E-state index contributed by atoms with van der Waals surface area (Å²) in [5.41, 5.74) is 0.788. The number of hydrogen-bond donors (Lipinski definition) is 2. The van der Waals surface area contributed by atoms with Crippen LogP contribution in [0.4, 0.5) is 5.69 Å². The zero-order valence-electron chi connectivity index (χ0n) is 12.6. The van der Waals surface area contributed by atoms with E-state index in [-0.39, 0.29) is 30.7 Å². The highest BCUT2D eigenvalue weighted by Crippen LogP contribution is 2.27. The molecular weight excluding hydrogens is 318 g/mol. The molecule has 0 saturated heterocycles. The topological polar surface area (TPSA) is 105 Å². The van der Waals surface area contributed by atoms with E-state index in [1.165, 1.54) is 6.07 Å². The largest absolute Gasteiger partial charge is 0.396 e. The summed E-state index contributed by atoms with van der Waals surface area (Å²) in [6.07, 6.45) is 2.22. The standard InChI is InChI=1S/C15H17N3O4S/c1-10-13(18(21)22)7-14(23-10)15(20)17-8-11(9-19)6-12-4-2-3-5-16-12/h2-5,7,11,19H,6,8-9H2,1H3,(H,17,20). The molecule has 0 aliphatic carbocycles. The van der Waals surface area contributed by atoms with E-state index in [0.717, 1.165) is 17.0 Å². The van der Waals surface area contributed by atoms with Gasteiger partial charge >= 0.3 is 0 Å². The molecule has 2 N–H and O–H groups in total. The Balaban J connectivity index is 1.94. The van der Waals surface area contributed by atoms with Gasteiger partial charge in [0.05, 0.1) is 14.7 Å². The van der Waals surface area contributed by atoms with Crippen LogP contribution in [-0.4, -0.2) is 34.1 Å². The first-order valence-electron chi connectivity index (χ1n) is 7.05. The normalized spacial score (nSPS) is 11.9. The number of thiophene rings is 1. The van der Waals surface area contributed by atoms with E-state index in [1.54, 1.807) is 13.1 Å². The van der Waals surface area contributed by atoms with Gasteiger partial charge in [-0.15, -0.1) is 11.3 Å². The van der Waals surface area contributed by atoms with Gasteiger partial charge in [0.15, 0.2) is 0 Å². The minimum absolute atomic E-state index is 0.0488. The maximum Gasteiger partial charge on any atom is 0.283 e. The fourth-order valence-electron chi connectivity index (χ4n) is 2.11. The lowest BCUT2D eigenvalue weighted by atomic mass is 10.0. The van der Waals surface area contributed by atoms with Crippen LogP contribution in [0.15, 0.2) is 30.5 Å². The Morgan fingerprint density at radius 3 is 2.87 bits per heavy atom. The number of aryl methyl sites for hydroxylation is 1. The molecule has 7 nitrogen and oxygen atoms in total. The van der Waals surface area contributed by atoms with E-state index < -0.39 is 4.92 Å². The number of carbonyl (C=O) groups is 1. The second-order valence-corrected chi connectivity index (χ2v) is 6.35. The molecule has 122 valence electrons. The summed E-state index contributed by atoms with van der Waals surface area (Å²) in [5.74, 6) is -0.532. The molecule has 0 fully saturated rings. The highest BCUT2D eigenvalue weighted by molar-refractivity contribution is 7.14. The summed E-state index contributed by atoms with van der Waals surface area (Å²) >= 11 is 1.09. The highest BCUT2D eigenvalue weighted by Gasteiger charge is 2.20. The molecule has 1 unspecified atom stereocenters. The van der Waals surface area contributed by atoms with Crippen LogP contribution in [0.1, 0.15) is 20.2 Å². The second kappa shape index (κ2) is 7.80. The first-order chi connectivity index (χ1) is 11.0. The smallest absolute Gasteiger partial charge is 0.283 e. The number of pyridine rings is 1. The van der Waals surface area contributed by atoms with E-state index in [0.29, 0.717) is 16.2 Å². The van der Waals surface area contributed by atoms with Crippen molar-refractivity contribution in [1.82, 2.24) is 10.3 Å². The van der Waals surface area contributed by atoms with Crippen molar-refractivity contribution in [3.05, 3.63) is 56.0 Å². The predicted molar refractivity (Wildman–Crippen MR) is 86.6 cm³/mol. The van der Waals surface area contributed by atoms with Gasteiger partial charge in [-0.25, -0.2) is 0 Å². The SMILES string of the molecule is Cc1sc(C(=O)NCC(CO)Cc2ccccn2)cc1[N+](=O)[O-]. The Labute approximate surface area is 137 Å². The Kier molecular flexibility index (Phi) is 5.78. The van der Waals surface area contributed by atoms with Gasteiger partial charge in [0.25, 0.3) is 11.6 Å². The molecule has 23 heavy (non-hydrogen) atoms. The van der Waals surface area contributed by atoms with Crippen molar-refractivity contribution in [3.8, 4) is 0 Å². The van der Waals surface area contributed by atoms with Crippen LogP contribution < -0.4 is 5.32 Å². The number of nitro groups is 1. The molecular formula is C15H17N3O4S. The quantitative estimate of drug-likeness (QED) is 0.594. The molecule has 0 saturated carbocycles. The van der Waals surface area contributed by atoms with Gasteiger partial charge in [0.1, 0.15) is 0 Å². The van der Waals surface area contributed by atoms with Gasteiger partial charge in [-0.05, 0) is 25.5 Å². The summed E-state index contributed by atoms with van der Waals surface area (Å²) in [5, 5.41) is 23.0. The Morgan fingerprint density at radius 1 is 1.52 bits per heavy atom. The molecule has 1 atom stereocenters. The molecule has 0 aliphatic heterocycles. The highest BCUT2D eigenvalue weighted by atomic mass is 32.1. The van der Waals surface area contributed by atoms with Crippen LogP contribution in [0, 0.1) is 23.0 Å². The summed E-state index contributed by atoms with van der Waals surface area (Å²) in [7, 11) is 0. The zero-order chi connectivity index (χ0) is 16.8. The third kappa shape index (κ3) is 4.57. The predicted octanol–water partition coefficient (Wildman–Crippen LogP) is 1.94. The van der Waals surface area contributed by atoms with E-state index in [2.05, 4.69) is 10.3 Å². The number of nitrogens with one attached hydrogen (secondary N) is 1. The van der Waals surface area contributed by atoms with E-state index in [9.17, 15) is 20.0 Å². The van der Waals surface area contributed by atoms with Crippen molar-refractivity contribution in [3.63, 3.8) is 0 Å². The first-order valence-corrected chi connectivity index (χ1v) is 7.86. The van der Waals surface area contributed by atoms with Crippen molar-refractivity contribution < 1.29 is 14.8 Å². The van der Waals surface area contributed by atoms with Crippen molar-refractivity contribution >= 4 is 22.9 Å². The minimum Gasteiger partial charge on any atom is -0.396 e. The molecule has 2 heterocycles. The number of aromatic nitrogens is 1. The van der Waals surface area contributed by atoms with Crippen molar-refractivity contribution in [2.75, 3.05) is 13.2 Å². The summed E-state index contributed by atoms with van der Waals surface area (Å²) in [6, 6.07) is 6.81. The average molecular weight is 335 g/mol. The lowest BCUT2D eigenvalue weighted by Crippen LogP contribution is -2.31. The molecule has 1 amide bonds. The monoisotopic (exact) mass is 335 g/mol. The zero-order valence-corrected chi connectivity index (χ0v) is 13.4. The molecule has 0 spiro atoms. The lowest BCUT2D eigenvalue weighted by molar-refractivity contribution is -0.385. The van der Waals surface area contributed by atoms with Crippen molar-refractivity contribution in [2.24, 2.45) is 5.92 Å². The molecule has 2 aromatic rings. The number of hydrogen-bond acceptors (Lipinski definition) is 6. The Bertz CT molecular complexity index is 687. The Hall–Kier alpha value is -2.32. The molecule has 0 aliphatic rings. The summed E-state index contributed by atoms with van der Waals surface area (Å²) in [4.78, 5) is 27.4. The fourth-order valence-corrected chi connectivity index (χ4v) is 3.01. The fraction of sp³-hybridized carbons (Fsp3) is 0.333. The molecule has 0 bridgehead atoms. The maximum atomic E-state index is 12.1. The van der Waals surface area contributed by atoms with Crippen LogP contribution in [0.3, 0.4) is 0 Å². The molecule has 2 rings (SSSR count). The van der Waals surface area contributed by atoms with Crippen LogP contribution in [-0.2, 0) is 6.42 Å². The van der Waals surface area contributed by atoms with Gasteiger partial charge in [-0.2, -0.15) is 0 Å². The van der Waals surface area contributed by atoms with Crippen LogP contribution in [0.5, 0.6) is 0 Å². The maximum absolute atomic E-state index is 12.1. The van der Waals surface area contributed by atoms with Gasteiger partial charge < -0.3 is 10.4 Å². The van der Waals surface area contributed by atoms with Gasteiger partial charge in [-0.1, -0.05) is 6.07 Å². The number of amides is 1. The number of carbonyl (C=O) groups excluding carboxylic acids is 1. The van der Waals surface area contributed by atoms with E-state index >= 15 is 0 Å². The van der Waals surface area contributed by atoms with E-state index in [1.807, 2.05) is 18.2 Å². The van der Waals surface area contributed by atoms with Crippen LogP contribution >= 0.6 is 11.3 Å². The summed E-state index contributed by atoms with van der Waals surface area (Å²) in [6.45, 7) is 1.80. The lowest BCUT2D eigenvalue weighted by Gasteiger charge is -2.14. The number of rotatable bonds is 7. The Morgan fingerprint density at radius 2 is 2.30 bits per heavy atom. The number of nitrogens with zero attached hydrogens (tertiary/aromatic N) is 2. The molecule has 2 aromatic heterocycles. The van der Waals surface area contributed by atoms with E-state index in [4.69, 9.17) is 0 Å². The van der Waals surface area contributed by atoms with Crippen LogP contribution in [0.25, 0.3) is 0 Å². The summed E-state index contributed by atoms with van der Waals surface area (Å²) < 4.78 is 0. The third-order valence-electron chi connectivity index (χ3n) is 3.35. The van der Waals surface area contributed by atoms with Gasteiger partial charge in [0, 0.05) is 37.0 Å². The number of aliphatic hydroxyl groups excluding tert-OH is 1. The molecule has 0 aromatic carbocycles. The minimum atomic E-state index is -0.500. The average Bonchev–Trinajstić information content (AvgIpc) is 2.94. The van der Waals surface area contributed by atoms with Gasteiger partial charge in [0.2, 0.25) is 0 Å². The number of aliphatic hydroxyl groups is 1. The molecule has 0 radical (unpaired) electrons. The van der Waals surface area contributed by atoms with Crippen LogP contribution in [0.2, 0.25) is 0 Å². The molecule has 8 heteroatoms. The van der Waals surface area contributed by atoms with Crippen molar-refractivity contribution in [2.45, 2.75) is 13.3 Å². The van der Waals surface area contributed by atoms with Crippen molar-refractivity contribution in [1.29, 1.82) is 0 Å². The first kappa shape index (κ1) is 17.0.